The summed E-state index contributed by atoms with van der Waals surface area (Å²) in [5.41, 5.74) is 1.43. The van der Waals surface area contributed by atoms with Crippen molar-refractivity contribution in [3.8, 4) is 5.75 Å². The zero-order chi connectivity index (χ0) is 23.3. The summed E-state index contributed by atoms with van der Waals surface area (Å²) in [6, 6.07) is 12.0. The van der Waals surface area contributed by atoms with Crippen LogP contribution in [0.3, 0.4) is 0 Å². The fourth-order valence-electron chi connectivity index (χ4n) is 2.75. The molecule has 0 aliphatic carbocycles. The van der Waals surface area contributed by atoms with Crippen LogP contribution in [0.5, 0.6) is 5.75 Å². The predicted octanol–water partition coefficient (Wildman–Crippen LogP) is 1.34. The van der Waals surface area contributed by atoms with Crippen molar-refractivity contribution in [2.45, 2.75) is 18.0 Å². The number of amides is 1. The number of ether oxygens (including phenoxy) is 1. The molecule has 0 saturated carbocycles. The summed E-state index contributed by atoms with van der Waals surface area (Å²) >= 11 is 17.9. The van der Waals surface area contributed by atoms with Crippen LogP contribution in [-0.2, 0) is 28.1 Å². The van der Waals surface area contributed by atoms with Gasteiger partial charge in [-0.3, -0.25) is 4.79 Å². The summed E-state index contributed by atoms with van der Waals surface area (Å²) in [6.07, 6.45) is 3.59. The Morgan fingerprint density at radius 2 is 1.79 bits per heavy atom. The maximum atomic E-state index is 13.1. The molecular weight excluding hydrogens is 582 g/mol. The number of benzene rings is 2. The number of pyridine rings is 1. The van der Waals surface area contributed by atoms with E-state index in [0.717, 1.165) is 17.7 Å². The molecule has 0 bridgehead atoms. The van der Waals surface area contributed by atoms with E-state index in [1.54, 1.807) is 35.2 Å². The number of halogens is 5. The SMILES string of the molecule is O=C(COc1ccc(Cl)c(Cl)c1)NCc1ccc[n+](Cc2ccc(S(=O)(=O)F)cc2Cl)c1.[Br-]. The molecule has 2 aromatic carbocycles. The molecule has 176 valence electrons. The van der Waals surface area contributed by atoms with Crippen molar-refractivity contribution in [2.75, 3.05) is 6.61 Å². The van der Waals surface area contributed by atoms with E-state index in [1.807, 2.05) is 6.07 Å². The smallest absolute Gasteiger partial charge is 0.332 e. The topological polar surface area (TPSA) is 76.3 Å². The van der Waals surface area contributed by atoms with E-state index in [2.05, 4.69) is 5.32 Å². The maximum Gasteiger partial charge on any atom is 0.332 e. The highest BCUT2D eigenvalue weighted by Crippen LogP contribution is 2.26. The highest BCUT2D eigenvalue weighted by atomic mass is 79.9. The summed E-state index contributed by atoms with van der Waals surface area (Å²) in [4.78, 5) is 11.6. The Labute approximate surface area is 216 Å². The Balaban J connectivity index is 0.00000385. The minimum atomic E-state index is -4.82. The van der Waals surface area contributed by atoms with Crippen LogP contribution in [-0.4, -0.2) is 20.9 Å². The van der Waals surface area contributed by atoms with Gasteiger partial charge in [0.15, 0.2) is 25.5 Å². The number of nitrogens with zero attached hydrogens (tertiary/aromatic N) is 1. The highest BCUT2D eigenvalue weighted by Gasteiger charge is 2.16. The zero-order valence-corrected chi connectivity index (χ0v) is 21.4. The van der Waals surface area contributed by atoms with Gasteiger partial charge in [0, 0.05) is 29.8 Å². The first-order valence-corrected chi connectivity index (χ1v) is 11.7. The Morgan fingerprint density at radius 1 is 1.03 bits per heavy atom. The quantitative estimate of drug-likeness (QED) is 0.314. The van der Waals surface area contributed by atoms with E-state index in [0.29, 0.717) is 27.9 Å². The summed E-state index contributed by atoms with van der Waals surface area (Å²) in [5.74, 6) is 0.105. The van der Waals surface area contributed by atoms with Crippen LogP contribution < -0.4 is 31.6 Å². The highest BCUT2D eigenvalue weighted by molar-refractivity contribution is 7.86. The lowest BCUT2D eigenvalue weighted by Crippen LogP contribution is -3.00. The first kappa shape index (κ1) is 27.3. The molecule has 0 aliphatic rings. The number of nitrogens with one attached hydrogen (secondary N) is 1. The van der Waals surface area contributed by atoms with Crippen LogP contribution in [0.25, 0.3) is 0 Å². The molecule has 0 saturated heterocycles. The molecule has 0 unspecified atom stereocenters. The second kappa shape index (κ2) is 12.0. The minimum absolute atomic E-state index is 0. The summed E-state index contributed by atoms with van der Waals surface area (Å²) < 4.78 is 42.3. The maximum absolute atomic E-state index is 13.1. The van der Waals surface area contributed by atoms with Crippen molar-refractivity contribution >= 4 is 50.9 Å². The largest absolute Gasteiger partial charge is 1.00 e. The summed E-state index contributed by atoms with van der Waals surface area (Å²) in [5, 5.41) is 3.61. The molecule has 0 atom stereocenters. The molecule has 0 fully saturated rings. The predicted molar refractivity (Wildman–Crippen MR) is 119 cm³/mol. The van der Waals surface area contributed by atoms with E-state index in [4.69, 9.17) is 39.5 Å². The summed E-state index contributed by atoms with van der Waals surface area (Å²) in [7, 11) is -4.82. The van der Waals surface area contributed by atoms with Gasteiger partial charge in [-0.05, 0) is 36.4 Å². The normalized spacial score (nSPS) is 10.9. The van der Waals surface area contributed by atoms with Crippen molar-refractivity contribution in [3.63, 3.8) is 0 Å². The molecule has 1 aromatic heterocycles. The Bertz CT molecular complexity index is 1260. The number of aromatic nitrogens is 1. The van der Waals surface area contributed by atoms with E-state index in [1.165, 1.54) is 12.1 Å². The third kappa shape index (κ3) is 8.12. The Morgan fingerprint density at radius 3 is 2.45 bits per heavy atom. The second-order valence-corrected chi connectivity index (χ2v) is 9.29. The average molecular weight is 599 g/mol. The first-order chi connectivity index (χ1) is 15.1. The summed E-state index contributed by atoms with van der Waals surface area (Å²) in [6.45, 7) is 0.398. The molecule has 1 amide bonds. The van der Waals surface area contributed by atoms with Gasteiger partial charge in [0.25, 0.3) is 5.91 Å². The van der Waals surface area contributed by atoms with Gasteiger partial charge in [0.1, 0.15) is 5.75 Å². The van der Waals surface area contributed by atoms with Gasteiger partial charge in [0.2, 0.25) is 0 Å². The number of hydrogen-bond acceptors (Lipinski definition) is 4. The van der Waals surface area contributed by atoms with E-state index >= 15 is 0 Å². The van der Waals surface area contributed by atoms with Gasteiger partial charge < -0.3 is 27.0 Å². The zero-order valence-electron chi connectivity index (χ0n) is 16.8. The van der Waals surface area contributed by atoms with Crippen LogP contribution in [0, 0.1) is 0 Å². The van der Waals surface area contributed by atoms with Gasteiger partial charge in [-0.15, -0.1) is 3.89 Å². The third-order valence-corrected chi connectivity index (χ3v) is 6.24. The van der Waals surface area contributed by atoms with Crippen molar-refractivity contribution in [1.82, 2.24) is 5.32 Å². The molecule has 3 aromatic rings. The molecule has 3 rings (SSSR count). The fourth-order valence-corrected chi connectivity index (χ4v) is 3.83. The molecular formula is C21H17BrCl3FN2O4S. The fraction of sp³-hybridized carbons (Fsp3) is 0.143. The molecule has 33 heavy (non-hydrogen) atoms. The molecule has 6 nitrogen and oxygen atoms in total. The van der Waals surface area contributed by atoms with E-state index in [9.17, 15) is 17.1 Å². The Kier molecular flexibility index (Phi) is 9.93. The van der Waals surface area contributed by atoms with E-state index < -0.39 is 15.1 Å². The number of carbonyl (C=O) groups excluding carboxylic acids is 1. The number of hydrogen-bond donors (Lipinski definition) is 1. The van der Waals surface area contributed by atoms with Gasteiger partial charge in [-0.25, -0.2) is 4.57 Å². The van der Waals surface area contributed by atoms with Gasteiger partial charge >= 0.3 is 10.2 Å². The van der Waals surface area contributed by atoms with Gasteiger partial charge in [0.05, 0.1) is 20.0 Å². The van der Waals surface area contributed by atoms with Crippen LogP contribution in [0.4, 0.5) is 3.89 Å². The lowest BCUT2D eigenvalue weighted by Gasteiger charge is -2.08. The molecule has 0 radical (unpaired) electrons. The van der Waals surface area contributed by atoms with Crippen molar-refractivity contribution in [2.24, 2.45) is 0 Å². The molecule has 0 aliphatic heterocycles. The van der Waals surface area contributed by atoms with Crippen LogP contribution in [0.15, 0.2) is 65.8 Å². The second-order valence-electron chi connectivity index (χ2n) is 6.72. The first-order valence-electron chi connectivity index (χ1n) is 9.17. The van der Waals surface area contributed by atoms with Crippen LogP contribution in [0.1, 0.15) is 11.1 Å². The van der Waals surface area contributed by atoms with Crippen LogP contribution in [0.2, 0.25) is 15.1 Å². The molecule has 12 heteroatoms. The molecule has 1 heterocycles. The van der Waals surface area contributed by atoms with Crippen molar-refractivity contribution in [3.05, 3.63) is 87.1 Å². The third-order valence-electron chi connectivity index (χ3n) is 4.33. The van der Waals surface area contributed by atoms with Crippen molar-refractivity contribution < 1.29 is 43.4 Å². The van der Waals surface area contributed by atoms with Crippen molar-refractivity contribution in [1.29, 1.82) is 0 Å². The minimum Gasteiger partial charge on any atom is -1.00 e. The van der Waals surface area contributed by atoms with Gasteiger partial charge in [-0.2, -0.15) is 8.42 Å². The standard InChI is InChI=1S/C21H16Cl3FN2O4S.BrH/c22-18-6-4-16(8-20(18)24)31-13-21(28)26-10-14-2-1-7-27(11-14)12-15-3-5-17(9-19(15)23)32(25,29)30;/h1-9,11H,10,12-13H2;1H. The lowest BCUT2D eigenvalue weighted by molar-refractivity contribution is -0.688. The Hall–Kier alpha value is -1.91. The molecule has 0 spiro atoms. The van der Waals surface area contributed by atoms with Crippen LogP contribution >= 0.6 is 34.8 Å². The molecule has 1 N–H and O–H groups in total. The van der Waals surface area contributed by atoms with Gasteiger partial charge in [-0.1, -0.05) is 34.8 Å². The number of carbonyl (C=O) groups is 1. The lowest BCUT2D eigenvalue weighted by atomic mass is 10.2. The number of rotatable bonds is 8. The monoisotopic (exact) mass is 596 g/mol. The average Bonchev–Trinajstić information content (AvgIpc) is 2.74. The van der Waals surface area contributed by atoms with E-state index in [-0.39, 0.29) is 41.1 Å².